The predicted octanol–water partition coefficient (Wildman–Crippen LogP) is 5.16. The summed E-state index contributed by atoms with van der Waals surface area (Å²) in [5.74, 6) is -1.72. The Labute approximate surface area is 231 Å². The molecule has 0 saturated heterocycles. The molecule has 1 fully saturated rings. The lowest BCUT2D eigenvalue weighted by atomic mass is 9.76. The Balaban J connectivity index is 1.26. The second-order valence-corrected chi connectivity index (χ2v) is 11.0. The van der Waals surface area contributed by atoms with Crippen molar-refractivity contribution >= 4 is 11.9 Å². The maximum absolute atomic E-state index is 13.8. The van der Waals surface area contributed by atoms with Gasteiger partial charge in [-0.1, -0.05) is 0 Å². The molecular formula is C28H27F4NO8. The molecule has 220 valence electrons. The smallest absolute Gasteiger partial charge is 0.492 e. The molecule has 3 heterocycles. The van der Waals surface area contributed by atoms with Gasteiger partial charge in [0.2, 0.25) is 5.91 Å². The number of ether oxygens (including phenoxy) is 5. The summed E-state index contributed by atoms with van der Waals surface area (Å²) < 4.78 is 78.5. The molecule has 6 rings (SSSR count). The van der Waals surface area contributed by atoms with Crippen LogP contribution in [0.3, 0.4) is 0 Å². The van der Waals surface area contributed by atoms with Crippen LogP contribution in [0.1, 0.15) is 56.2 Å². The molecule has 0 spiro atoms. The Morgan fingerprint density at radius 3 is 2.41 bits per heavy atom. The van der Waals surface area contributed by atoms with Gasteiger partial charge in [0.1, 0.15) is 35.4 Å². The van der Waals surface area contributed by atoms with Crippen LogP contribution in [0.2, 0.25) is 0 Å². The summed E-state index contributed by atoms with van der Waals surface area (Å²) in [6.07, 6.45) is -1.72. The van der Waals surface area contributed by atoms with E-state index in [1.54, 1.807) is 13.0 Å². The standard InChI is InChI=1S/C28H27F4NO8/c1-27(12-37-21-11-23-22(9-17(21)27)40-28(31,32)41-23)25(36)33-18-10-19(13-2-4-14(5-3-13)24(34)35)39-20-8-15(38-26(29)30)6-7-16(18)20/h6-9,11,13-14,18-19,26H,2-5,10,12H2,1H3,(H,33,36)(H,34,35)/t13?,14?,18-,19-,27+/m1/s1. The molecule has 9 nitrogen and oxygen atoms in total. The lowest BCUT2D eigenvalue weighted by Gasteiger charge is -2.39. The summed E-state index contributed by atoms with van der Waals surface area (Å²) >= 11 is 0. The third kappa shape index (κ3) is 5.06. The van der Waals surface area contributed by atoms with E-state index in [1.807, 2.05) is 0 Å². The third-order valence-corrected chi connectivity index (χ3v) is 8.40. The van der Waals surface area contributed by atoms with E-state index in [1.165, 1.54) is 24.3 Å². The van der Waals surface area contributed by atoms with Crippen molar-refractivity contribution in [1.29, 1.82) is 0 Å². The van der Waals surface area contributed by atoms with E-state index in [9.17, 15) is 32.3 Å². The number of aliphatic carboxylic acids is 1. The molecule has 1 amide bonds. The molecule has 41 heavy (non-hydrogen) atoms. The van der Waals surface area contributed by atoms with Crippen molar-refractivity contribution in [3.8, 4) is 28.7 Å². The highest BCUT2D eigenvalue weighted by atomic mass is 19.3. The molecule has 1 aliphatic carbocycles. The molecule has 2 aromatic rings. The van der Waals surface area contributed by atoms with Gasteiger partial charge in [0.05, 0.1) is 12.0 Å². The van der Waals surface area contributed by atoms with Crippen LogP contribution < -0.4 is 29.0 Å². The molecular weight excluding hydrogens is 554 g/mol. The van der Waals surface area contributed by atoms with E-state index in [2.05, 4.69) is 19.5 Å². The number of rotatable bonds is 6. The number of carbonyl (C=O) groups is 2. The lowest BCUT2D eigenvalue weighted by molar-refractivity contribution is -0.286. The summed E-state index contributed by atoms with van der Waals surface area (Å²) in [4.78, 5) is 25.2. The van der Waals surface area contributed by atoms with Crippen LogP contribution in [0.4, 0.5) is 17.6 Å². The number of alkyl halides is 4. The number of fused-ring (bicyclic) bond motifs is 3. The summed E-state index contributed by atoms with van der Waals surface area (Å²) in [6, 6.07) is 6.26. The zero-order chi connectivity index (χ0) is 29.1. The van der Waals surface area contributed by atoms with Gasteiger partial charge in [-0.2, -0.15) is 8.78 Å². The third-order valence-electron chi connectivity index (χ3n) is 8.40. The molecule has 0 radical (unpaired) electrons. The van der Waals surface area contributed by atoms with Gasteiger partial charge in [-0.25, -0.2) is 0 Å². The number of carbonyl (C=O) groups excluding carboxylic acids is 1. The fourth-order valence-electron chi connectivity index (χ4n) is 6.15. The number of carboxylic acid groups (broad SMARTS) is 1. The van der Waals surface area contributed by atoms with E-state index < -0.39 is 48.3 Å². The first kappa shape index (κ1) is 27.3. The zero-order valence-electron chi connectivity index (χ0n) is 21.8. The summed E-state index contributed by atoms with van der Waals surface area (Å²) in [5.41, 5.74) is -0.354. The average molecular weight is 582 g/mol. The van der Waals surface area contributed by atoms with Crippen molar-refractivity contribution in [2.75, 3.05) is 6.61 Å². The highest BCUT2D eigenvalue weighted by Crippen LogP contribution is 2.50. The summed E-state index contributed by atoms with van der Waals surface area (Å²) in [6.45, 7) is -1.47. The Kier molecular flexibility index (Phi) is 6.57. The van der Waals surface area contributed by atoms with E-state index >= 15 is 0 Å². The van der Waals surface area contributed by atoms with Crippen LogP contribution in [0.25, 0.3) is 0 Å². The Morgan fingerprint density at radius 2 is 1.73 bits per heavy atom. The normalized spacial score (nSPS) is 29.1. The summed E-state index contributed by atoms with van der Waals surface area (Å²) in [7, 11) is 0. The fourth-order valence-corrected chi connectivity index (χ4v) is 6.15. The first-order chi connectivity index (χ1) is 19.4. The molecule has 2 N–H and O–H groups in total. The summed E-state index contributed by atoms with van der Waals surface area (Å²) in [5, 5.41) is 12.4. The van der Waals surface area contributed by atoms with Crippen molar-refractivity contribution in [1.82, 2.24) is 5.32 Å². The molecule has 0 unspecified atom stereocenters. The SMILES string of the molecule is C[C@]1(C(=O)N[C@@H]2C[C@H](C3CCC(C(=O)O)CC3)Oc3cc(OC(F)F)ccc32)COc2cc3c(cc21)OC(F)(F)O3. The maximum Gasteiger partial charge on any atom is 0.586 e. The first-order valence-electron chi connectivity index (χ1n) is 13.3. The largest absolute Gasteiger partial charge is 0.586 e. The number of halogens is 4. The van der Waals surface area contributed by atoms with Gasteiger partial charge in [0.15, 0.2) is 11.5 Å². The minimum atomic E-state index is -3.83. The Hall–Kier alpha value is -3.90. The van der Waals surface area contributed by atoms with E-state index in [0.717, 1.165) is 0 Å². The van der Waals surface area contributed by atoms with Crippen molar-refractivity contribution in [2.45, 2.75) is 69.5 Å². The number of nitrogens with one attached hydrogen (secondary N) is 1. The number of hydrogen-bond donors (Lipinski definition) is 2. The minimum absolute atomic E-state index is 0.00893. The van der Waals surface area contributed by atoms with Crippen LogP contribution >= 0.6 is 0 Å². The molecule has 13 heteroatoms. The highest BCUT2D eigenvalue weighted by Gasteiger charge is 2.49. The van der Waals surface area contributed by atoms with Crippen molar-refractivity contribution in [2.24, 2.45) is 11.8 Å². The van der Waals surface area contributed by atoms with Gasteiger partial charge < -0.3 is 34.1 Å². The van der Waals surface area contributed by atoms with Gasteiger partial charge in [-0.15, -0.1) is 8.78 Å². The van der Waals surface area contributed by atoms with Gasteiger partial charge in [-0.3, -0.25) is 9.59 Å². The predicted molar refractivity (Wildman–Crippen MR) is 132 cm³/mol. The molecule has 3 aliphatic heterocycles. The number of hydrogen-bond acceptors (Lipinski definition) is 7. The average Bonchev–Trinajstić information content (AvgIpc) is 3.41. The maximum atomic E-state index is 13.8. The fraction of sp³-hybridized carbons (Fsp3) is 0.500. The van der Waals surface area contributed by atoms with Gasteiger partial charge in [0.25, 0.3) is 0 Å². The molecule has 1 saturated carbocycles. The van der Waals surface area contributed by atoms with Gasteiger partial charge in [0, 0.05) is 29.7 Å². The van der Waals surface area contributed by atoms with E-state index in [0.29, 0.717) is 43.2 Å². The number of carboxylic acids is 1. The monoisotopic (exact) mass is 581 g/mol. The first-order valence-corrected chi connectivity index (χ1v) is 13.3. The van der Waals surface area contributed by atoms with Gasteiger partial charge >= 0.3 is 18.9 Å². The van der Waals surface area contributed by atoms with Crippen molar-refractivity contribution in [3.63, 3.8) is 0 Å². The quantitative estimate of drug-likeness (QED) is 0.450. The van der Waals surface area contributed by atoms with E-state index in [-0.39, 0.29) is 41.3 Å². The molecule has 3 atom stereocenters. The van der Waals surface area contributed by atoms with Crippen LogP contribution in [0.15, 0.2) is 30.3 Å². The molecule has 0 bridgehead atoms. The zero-order valence-corrected chi connectivity index (χ0v) is 21.8. The Bertz CT molecular complexity index is 1380. The minimum Gasteiger partial charge on any atom is -0.492 e. The second kappa shape index (κ2) is 9.88. The topological polar surface area (TPSA) is 113 Å². The molecule has 4 aliphatic rings. The van der Waals surface area contributed by atoms with E-state index in [4.69, 9.17) is 9.47 Å². The van der Waals surface area contributed by atoms with Gasteiger partial charge in [-0.05, 0) is 56.7 Å². The van der Waals surface area contributed by atoms with Crippen molar-refractivity contribution in [3.05, 3.63) is 41.5 Å². The lowest BCUT2D eigenvalue weighted by Crippen LogP contribution is -2.47. The van der Waals surface area contributed by atoms with Crippen LogP contribution in [0, 0.1) is 11.8 Å². The molecule has 2 aromatic carbocycles. The Morgan fingerprint density at radius 1 is 1.02 bits per heavy atom. The second-order valence-electron chi connectivity index (χ2n) is 11.0. The van der Waals surface area contributed by atoms with Crippen molar-refractivity contribution < 1.29 is 55.9 Å². The van der Waals surface area contributed by atoms with Crippen LogP contribution in [0.5, 0.6) is 28.7 Å². The van der Waals surface area contributed by atoms with Crippen LogP contribution in [-0.4, -0.2) is 42.6 Å². The van der Waals surface area contributed by atoms with Crippen LogP contribution in [-0.2, 0) is 15.0 Å². The number of amides is 1. The molecule has 0 aromatic heterocycles. The number of benzene rings is 2. The highest BCUT2D eigenvalue weighted by molar-refractivity contribution is 5.90.